The van der Waals surface area contributed by atoms with Crippen LogP contribution in [-0.2, 0) is 19.4 Å². The van der Waals surface area contributed by atoms with E-state index in [9.17, 15) is 4.79 Å². The van der Waals surface area contributed by atoms with Crippen molar-refractivity contribution in [2.45, 2.75) is 51.5 Å². The molecule has 0 radical (unpaired) electrons. The molecule has 8 heteroatoms. The lowest BCUT2D eigenvalue weighted by Gasteiger charge is -2.35. The largest absolute Gasteiger partial charge is 0.459 e. The van der Waals surface area contributed by atoms with E-state index in [1.165, 1.54) is 72.3 Å². The lowest BCUT2D eigenvalue weighted by atomic mass is 9.97. The number of carbonyl (C=O) groups is 1. The number of rotatable bonds is 4. The van der Waals surface area contributed by atoms with E-state index in [0.29, 0.717) is 18.8 Å². The number of nitrogens with one attached hydrogen (secondary N) is 1. The summed E-state index contributed by atoms with van der Waals surface area (Å²) in [6.07, 6.45) is 10.4. The van der Waals surface area contributed by atoms with Crippen LogP contribution >= 0.6 is 11.3 Å². The Hall–Kier alpha value is -2.45. The molecule has 0 spiro atoms. The van der Waals surface area contributed by atoms with E-state index in [2.05, 4.69) is 4.90 Å². The molecule has 2 saturated heterocycles. The summed E-state index contributed by atoms with van der Waals surface area (Å²) in [5.41, 5.74) is 1.49. The Bertz CT molecular complexity index is 1130. The Morgan fingerprint density at radius 1 is 1.03 bits per heavy atom. The van der Waals surface area contributed by atoms with Crippen LogP contribution in [0.4, 0.5) is 5.82 Å². The van der Waals surface area contributed by atoms with Crippen molar-refractivity contribution in [1.82, 2.24) is 14.9 Å². The first kappa shape index (κ1) is 21.1. The zero-order valence-corrected chi connectivity index (χ0v) is 20.0. The first-order chi connectivity index (χ1) is 16.3. The van der Waals surface area contributed by atoms with Crippen LogP contribution < -0.4 is 9.80 Å². The maximum Gasteiger partial charge on any atom is 0.289 e. The summed E-state index contributed by atoms with van der Waals surface area (Å²) in [5.74, 6) is 2.50. The first-order valence-electron chi connectivity index (χ1n) is 12.5. The number of piperidine rings is 1. The predicted molar refractivity (Wildman–Crippen MR) is 129 cm³/mol. The number of anilines is 1. The molecule has 0 unspecified atom stereocenters. The van der Waals surface area contributed by atoms with Gasteiger partial charge in [0.15, 0.2) is 11.6 Å². The summed E-state index contributed by atoms with van der Waals surface area (Å²) < 4.78 is 5.33. The SMILES string of the molecule is O=C(c1ccco1)N1CCN(c2nc(C[NH+]3CCCCC3)nc3sc4c(c23)CCCC4)CC1. The fraction of sp³-hybridized carbons (Fsp3) is 0.560. The van der Waals surface area contributed by atoms with Crippen LogP contribution in [0.2, 0.25) is 0 Å². The normalized spacial score (nSPS) is 19.8. The number of furan rings is 1. The van der Waals surface area contributed by atoms with Crippen molar-refractivity contribution >= 4 is 33.3 Å². The molecule has 3 aliphatic rings. The molecule has 7 nitrogen and oxygen atoms in total. The molecular formula is C25H32N5O2S+. The first-order valence-corrected chi connectivity index (χ1v) is 13.3. The molecule has 33 heavy (non-hydrogen) atoms. The molecule has 1 aliphatic carbocycles. The molecule has 1 amide bonds. The number of aromatic nitrogens is 2. The number of hydrogen-bond donors (Lipinski definition) is 1. The van der Waals surface area contributed by atoms with Crippen molar-refractivity contribution in [3.8, 4) is 0 Å². The minimum atomic E-state index is -0.0187. The van der Waals surface area contributed by atoms with Crippen LogP contribution in [0.1, 0.15) is 58.9 Å². The Morgan fingerprint density at radius 2 is 1.85 bits per heavy atom. The number of amides is 1. The van der Waals surface area contributed by atoms with Gasteiger partial charge in [0.1, 0.15) is 17.2 Å². The molecule has 3 aromatic rings. The van der Waals surface area contributed by atoms with Crippen LogP contribution in [0.25, 0.3) is 10.2 Å². The van der Waals surface area contributed by atoms with E-state index in [1.807, 2.05) is 16.2 Å². The van der Waals surface area contributed by atoms with Gasteiger partial charge in [0.2, 0.25) is 0 Å². The van der Waals surface area contributed by atoms with Gasteiger partial charge < -0.3 is 19.1 Å². The standard InChI is InChI=1S/C25H31N5O2S/c31-25(19-8-6-16-32-19)30-14-12-29(13-15-30)23-22-18-7-2-3-9-20(18)33-24(22)27-21(26-23)17-28-10-4-1-5-11-28/h6,8,16H,1-5,7,9-15,17H2/p+1. The van der Waals surface area contributed by atoms with Crippen LogP contribution in [-0.4, -0.2) is 60.0 Å². The Balaban J connectivity index is 1.29. The van der Waals surface area contributed by atoms with E-state index in [1.54, 1.807) is 23.3 Å². The number of hydrogen-bond acceptors (Lipinski definition) is 6. The van der Waals surface area contributed by atoms with E-state index >= 15 is 0 Å². The van der Waals surface area contributed by atoms with Gasteiger partial charge in [0.05, 0.1) is 24.7 Å². The van der Waals surface area contributed by atoms with Crippen molar-refractivity contribution in [2.24, 2.45) is 0 Å². The molecule has 3 aromatic heterocycles. The van der Waals surface area contributed by atoms with Crippen molar-refractivity contribution < 1.29 is 14.1 Å². The Kier molecular flexibility index (Phi) is 5.80. The monoisotopic (exact) mass is 466 g/mol. The highest BCUT2D eigenvalue weighted by Gasteiger charge is 2.29. The summed E-state index contributed by atoms with van der Waals surface area (Å²) >= 11 is 1.89. The molecule has 0 atom stereocenters. The maximum atomic E-state index is 12.7. The molecule has 6 rings (SSSR count). The summed E-state index contributed by atoms with van der Waals surface area (Å²) in [6, 6.07) is 3.52. The van der Waals surface area contributed by atoms with Crippen molar-refractivity contribution in [3.63, 3.8) is 0 Å². The molecule has 5 heterocycles. The fourth-order valence-corrected chi connectivity index (χ4v) is 6.89. The third-order valence-corrected chi connectivity index (χ3v) is 8.59. The van der Waals surface area contributed by atoms with Crippen molar-refractivity contribution in [1.29, 1.82) is 0 Å². The molecule has 2 fully saturated rings. The van der Waals surface area contributed by atoms with E-state index in [0.717, 1.165) is 37.7 Å². The highest BCUT2D eigenvalue weighted by Crippen LogP contribution is 2.40. The van der Waals surface area contributed by atoms with Crippen LogP contribution in [0.3, 0.4) is 0 Å². The van der Waals surface area contributed by atoms with Gasteiger partial charge >= 0.3 is 0 Å². The van der Waals surface area contributed by atoms with Gasteiger partial charge in [-0.1, -0.05) is 0 Å². The van der Waals surface area contributed by atoms with Crippen LogP contribution in [0, 0.1) is 0 Å². The van der Waals surface area contributed by atoms with Gasteiger partial charge in [0, 0.05) is 31.1 Å². The third kappa shape index (κ3) is 4.15. The molecule has 1 N–H and O–H groups in total. The summed E-state index contributed by atoms with van der Waals surface area (Å²) in [4.78, 5) is 31.6. The number of nitrogens with zero attached hydrogens (tertiary/aromatic N) is 4. The maximum absolute atomic E-state index is 12.7. The molecular weight excluding hydrogens is 434 g/mol. The number of quaternary nitrogens is 1. The smallest absolute Gasteiger partial charge is 0.289 e. The summed E-state index contributed by atoms with van der Waals surface area (Å²) in [5, 5.41) is 1.29. The number of likely N-dealkylation sites (tertiary alicyclic amines) is 1. The van der Waals surface area contributed by atoms with Gasteiger partial charge in [0.25, 0.3) is 5.91 Å². The van der Waals surface area contributed by atoms with E-state index < -0.39 is 0 Å². The number of aryl methyl sites for hydroxylation is 2. The number of fused-ring (bicyclic) bond motifs is 3. The predicted octanol–water partition coefficient (Wildman–Crippen LogP) is 2.69. The van der Waals surface area contributed by atoms with Crippen molar-refractivity contribution in [2.75, 3.05) is 44.2 Å². The average molecular weight is 467 g/mol. The van der Waals surface area contributed by atoms with Gasteiger partial charge in [-0.3, -0.25) is 4.79 Å². The van der Waals surface area contributed by atoms with Gasteiger partial charge in [-0.05, 0) is 62.6 Å². The Morgan fingerprint density at radius 3 is 2.64 bits per heavy atom. The highest BCUT2D eigenvalue weighted by molar-refractivity contribution is 7.19. The number of piperazine rings is 1. The molecule has 0 bridgehead atoms. The topological polar surface area (TPSA) is 66.9 Å². The molecule has 0 saturated carbocycles. The van der Waals surface area contributed by atoms with E-state index in [4.69, 9.17) is 14.4 Å². The minimum Gasteiger partial charge on any atom is -0.459 e. The van der Waals surface area contributed by atoms with Crippen LogP contribution in [0.5, 0.6) is 0 Å². The van der Waals surface area contributed by atoms with Gasteiger partial charge in [-0.15, -0.1) is 11.3 Å². The zero-order valence-electron chi connectivity index (χ0n) is 19.1. The van der Waals surface area contributed by atoms with Crippen LogP contribution in [0.15, 0.2) is 22.8 Å². The zero-order chi connectivity index (χ0) is 22.2. The van der Waals surface area contributed by atoms with Crippen molar-refractivity contribution in [3.05, 3.63) is 40.4 Å². The minimum absolute atomic E-state index is 0.0187. The fourth-order valence-electron chi connectivity index (χ4n) is 5.62. The second-order valence-electron chi connectivity index (χ2n) is 9.60. The highest BCUT2D eigenvalue weighted by atomic mass is 32.1. The Labute approximate surface area is 198 Å². The average Bonchev–Trinajstić information content (AvgIpc) is 3.52. The van der Waals surface area contributed by atoms with E-state index in [-0.39, 0.29) is 5.91 Å². The molecule has 174 valence electrons. The number of carbonyl (C=O) groups excluding carboxylic acids is 1. The summed E-state index contributed by atoms with van der Waals surface area (Å²) in [6.45, 7) is 6.32. The second-order valence-corrected chi connectivity index (χ2v) is 10.7. The summed E-state index contributed by atoms with van der Waals surface area (Å²) in [7, 11) is 0. The van der Waals surface area contributed by atoms with Gasteiger partial charge in [-0.25, -0.2) is 9.97 Å². The second kappa shape index (κ2) is 9.06. The lowest BCUT2D eigenvalue weighted by Crippen LogP contribution is -3.11. The lowest BCUT2D eigenvalue weighted by molar-refractivity contribution is -0.919. The quantitative estimate of drug-likeness (QED) is 0.641. The molecule has 2 aliphatic heterocycles. The number of thiophene rings is 1. The molecule has 0 aromatic carbocycles. The third-order valence-electron chi connectivity index (χ3n) is 7.41. The van der Waals surface area contributed by atoms with Gasteiger partial charge in [-0.2, -0.15) is 0 Å².